The van der Waals surface area contributed by atoms with Crippen molar-refractivity contribution in [3.05, 3.63) is 82.0 Å². The molecule has 0 fully saturated rings. The van der Waals surface area contributed by atoms with E-state index in [-0.39, 0.29) is 0 Å². The summed E-state index contributed by atoms with van der Waals surface area (Å²) in [5, 5.41) is 24.6. The molecule has 0 saturated heterocycles. The topological polar surface area (TPSA) is 40.5 Å². The van der Waals surface area contributed by atoms with Crippen LogP contribution < -0.4 is 0 Å². The Labute approximate surface area is 204 Å². The number of rotatable bonds is 3. The Morgan fingerprint density at radius 2 is 0.971 bits per heavy atom. The van der Waals surface area contributed by atoms with E-state index in [1.807, 2.05) is 0 Å². The van der Waals surface area contributed by atoms with Gasteiger partial charge in [-0.2, -0.15) is 0 Å². The van der Waals surface area contributed by atoms with Crippen LogP contribution in [0.25, 0.3) is 11.1 Å². The molecule has 34 heavy (non-hydrogen) atoms. The summed E-state index contributed by atoms with van der Waals surface area (Å²) in [5.41, 5.74) is 7.95. The monoisotopic (exact) mass is 454 g/mol. The fraction of sp³-hybridized carbons (Fsp3) is 0.500. The van der Waals surface area contributed by atoms with Crippen LogP contribution in [0.4, 0.5) is 0 Å². The molecule has 4 aliphatic carbocycles. The average Bonchev–Trinajstić information content (AvgIpc) is 3.30. The lowest BCUT2D eigenvalue weighted by Crippen LogP contribution is -2.29. The van der Waals surface area contributed by atoms with Crippen LogP contribution in [0.5, 0.6) is 0 Å². The van der Waals surface area contributed by atoms with Gasteiger partial charge < -0.3 is 10.2 Å². The Kier molecular flexibility index (Phi) is 5.39. The second-order valence-corrected chi connectivity index (χ2v) is 11.4. The van der Waals surface area contributed by atoms with Crippen LogP contribution >= 0.6 is 0 Å². The summed E-state index contributed by atoms with van der Waals surface area (Å²) in [5.74, 6) is 0.858. The first-order chi connectivity index (χ1) is 16.4. The number of aliphatic hydroxyl groups is 2. The maximum Gasteiger partial charge on any atom is 0.112 e. The van der Waals surface area contributed by atoms with Crippen LogP contribution in [0.2, 0.25) is 0 Å². The first-order valence-electron chi connectivity index (χ1n) is 13.5. The molecule has 0 heterocycles. The summed E-state index contributed by atoms with van der Waals surface area (Å²) >= 11 is 0. The third-order valence-corrected chi connectivity index (χ3v) is 9.45. The highest BCUT2D eigenvalue weighted by Gasteiger charge is 2.48. The maximum absolute atomic E-state index is 12.3. The second-order valence-electron chi connectivity index (χ2n) is 11.4. The minimum Gasteiger partial charge on any atom is -0.381 e. The first-order valence-corrected chi connectivity index (χ1v) is 13.5. The Morgan fingerprint density at radius 3 is 1.41 bits per heavy atom. The lowest BCUT2D eigenvalue weighted by atomic mass is 9.75. The zero-order valence-corrected chi connectivity index (χ0v) is 20.7. The molecule has 0 aromatic heterocycles. The Morgan fingerprint density at radius 1 is 0.588 bits per heavy atom. The van der Waals surface area contributed by atoms with Crippen LogP contribution in [-0.4, -0.2) is 10.2 Å². The van der Waals surface area contributed by atoms with Crippen molar-refractivity contribution in [3.8, 4) is 11.1 Å². The smallest absolute Gasteiger partial charge is 0.112 e. The van der Waals surface area contributed by atoms with Crippen LogP contribution in [-0.2, 0) is 11.2 Å². The molecule has 0 radical (unpaired) electrons. The first kappa shape index (κ1) is 22.3. The van der Waals surface area contributed by atoms with Gasteiger partial charge in [-0.1, -0.05) is 73.5 Å². The molecule has 0 spiro atoms. The van der Waals surface area contributed by atoms with Crippen molar-refractivity contribution >= 4 is 0 Å². The summed E-state index contributed by atoms with van der Waals surface area (Å²) in [4.78, 5) is 0. The van der Waals surface area contributed by atoms with E-state index < -0.39 is 11.2 Å². The predicted molar refractivity (Wildman–Crippen MR) is 138 cm³/mol. The van der Waals surface area contributed by atoms with E-state index in [0.717, 1.165) is 60.8 Å². The average molecular weight is 455 g/mol. The highest BCUT2D eigenvalue weighted by Crippen LogP contribution is 2.56. The molecule has 0 aliphatic heterocycles. The lowest BCUT2D eigenvalue weighted by molar-refractivity contribution is 0.0645. The molecule has 6 rings (SSSR count). The molecule has 2 aromatic rings. The SMILES string of the molecule is CC1CC(O)(c2ccccc2-c2ccccc2C2(O)CC(C)C3=C2CCCC3)C2=C1CCCC2. The molecule has 0 saturated carbocycles. The van der Waals surface area contributed by atoms with E-state index in [2.05, 4.69) is 62.4 Å². The zero-order valence-electron chi connectivity index (χ0n) is 20.7. The van der Waals surface area contributed by atoms with Gasteiger partial charge in [0.2, 0.25) is 0 Å². The van der Waals surface area contributed by atoms with Crippen LogP contribution in [0.15, 0.2) is 70.8 Å². The van der Waals surface area contributed by atoms with Crippen molar-refractivity contribution < 1.29 is 10.2 Å². The summed E-state index contributed by atoms with van der Waals surface area (Å²) in [7, 11) is 0. The second kappa shape index (κ2) is 8.21. The molecule has 2 N–H and O–H groups in total. The largest absolute Gasteiger partial charge is 0.381 e. The Balaban J connectivity index is 1.51. The van der Waals surface area contributed by atoms with Crippen molar-refractivity contribution in [2.75, 3.05) is 0 Å². The van der Waals surface area contributed by atoms with E-state index in [1.54, 1.807) is 0 Å². The number of hydrogen-bond acceptors (Lipinski definition) is 2. The molecule has 178 valence electrons. The quantitative estimate of drug-likeness (QED) is 0.470. The molecular formula is C32H38O2. The zero-order chi connectivity index (χ0) is 23.5. The maximum atomic E-state index is 12.3. The van der Waals surface area contributed by atoms with E-state index in [4.69, 9.17) is 0 Å². The van der Waals surface area contributed by atoms with Gasteiger partial charge in [0.1, 0.15) is 11.2 Å². The van der Waals surface area contributed by atoms with Gasteiger partial charge in [-0.15, -0.1) is 0 Å². The molecular weight excluding hydrogens is 416 g/mol. The highest BCUT2D eigenvalue weighted by molar-refractivity contribution is 5.75. The van der Waals surface area contributed by atoms with Crippen molar-refractivity contribution in [2.45, 2.75) is 89.3 Å². The number of hydrogen-bond donors (Lipinski definition) is 2. The van der Waals surface area contributed by atoms with E-state index >= 15 is 0 Å². The van der Waals surface area contributed by atoms with Gasteiger partial charge in [-0.25, -0.2) is 0 Å². The van der Waals surface area contributed by atoms with Crippen LogP contribution in [0, 0.1) is 11.8 Å². The van der Waals surface area contributed by atoms with E-state index in [0.29, 0.717) is 11.8 Å². The number of benzene rings is 2. The Bertz CT molecular complexity index is 1090. The molecule has 0 bridgehead atoms. The lowest BCUT2D eigenvalue weighted by Gasteiger charge is -2.34. The van der Waals surface area contributed by atoms with Gasteiger partial charge in [0.05, 0.1) is 0 Å². The third kappa shape index (κ3) is 3.22. The molecule has 4 unspecified atom stereocenters. The van der Waals surface area contributed by atoms with Gasteiger partial charge in [0.25, 0.3) is 0 Å². The van der Waals surface area contributed by atoms with Crippen LogP contribution in [0.3, 0.4) is 0 Å². The van der Waals surface area contributed by atoms with Crippen molar-refractivity contribution in [1.82, 2.24) is 0 Å². The minimum atomic E-state index is -0.903. The van der Waals surface area contributed by atoms with Crippen molar-refractivity contribution in [1.29, 1.82) is 0 Å². The van der Waals surface area contributed by atoms with Gasteiger partial charge in [0, 0.05) is 0 Å². The van der Waals surface area contributed by atoms with Crippen molar-refractivity contribution in [2.24, 2.45) is 11.8 Å². The highest BCUT2D eigenvalue weighted by atomic mass is 16.3. The number of allylic oxidation sites excluding steroid dienone is 2. The summed E-state index contributed by atoms with van der Waals surface area (Å²) < 4.78 is 0. The Hall–Kier alpha value is -2.16. The molecule has 2 aromatic carbocycles. The summed E-state index contributed by atoms with van der Waals surface area (Å²) in [6.45, 7) is 4.57. The molecule has 4 atom stereocenters. The molecule has 2 nitrogen and oxygen atoms in total. The molecule has 0 amide bonds. The van der Waals surface area contributed by atoms with Gasteiger partial charge in [-0.05, 0) is 109 Å². The fourth-order valence-electron chi connectivity index (χ4n) is 7.97. The van der Waals surface area contributed by atoms with E-state index in [1.165, 1.54) is 48.0 Å². The summed E-state index contributed by atoms with van der Waals surface area (Å²) in [6, 6.07) is 16.9. The standard InChI is InChI=1S/C32H38O2/c1-21-19-31(33,27-15-7-3-11-23(21)27)29-17-9-5-13-25(29)26-14-6-10-18-30(26)32(34)20-22(2)24-12-4-8-16-28(24)32/h5-6,9-10,13-14,17-18,21-22,33-34H,3-4,7-8,11-12,15-16,19-20H2,1-2H3. The minimum absolute atomic E-state index is 0.429. The van der Waals surface area contributed by atoms with E-state index in [9.17, 15) is 10.2 Å². The molecule has 4 aliphatic rings. The van der Waals surface area contributed by atoms with Gasteiger partial charge in [0.15, 0.2) is 0 Å². The normalized spacial score (nSPS) is 33.3. The fourth-order valence-corrected chi connectivity index (χ4v) is 7.97. The van der Waals surface area contributed by atoms with Crippen LogP contribution in [0.1, 0.15) is 89.2 Å². The third-order valence-electron chi connectivity index (χ3n) is 9.45. The van der Waals surface area contributed by atoms with Crippen molar-refractivity contribution in [3.63, 3.8) is 0 Å². The van der Waals surface area contributed by atoms with Gasteiger partial charge in [-0.3, -0.25) is 0 Å². The summed E-state index contributed by atoms with van der Waals surface area (Å²) in [6.07, 6.45) is 10.6. The van der Waals surface area contributed by atoms with Gasteiger partial charge >= 0.3 is 0 Å². The predicted octanol–water partition coefficient (Wildman–Crippen LogP) is 7.55. The molecule has 2 heteroatoms.